The summed E-state index contributed by atoms with van der Waals surface area (Å²) in [6, 6.07) is 14.0. The molecule has 2 amide bonds. The zero-order chi connectivity index (χ0) is 21.7. The fraction of sp³-hybridized carbons (Fsp3) is 0.348. The highest BCUT2D eigenvalue weighted by Gasteiger charge is 2.31. The van der Waals surface area contributed by atoms with Crippen molar-refractivity contribution in [1.82, 2.24) is 0 Å². The van der Waals surface area contributed by atoms with Crippen LogP contribution in [0.15, 0.2) is 48.5 Å². The number of amides is 2. The van der Waals surface area contributed by atoms with Gasteiger partial charge in [0, 0.05) is 36.2 Å². The maximum absolute atomic E-state index is 12.5. The molecule has 0 spiro atoms. The molecule has 158 valence electrons. The molecule has 1 saturated heterocycles. The molecular weight excluding hydrogens is 384 g/mol. The quantitative estimate of drug-likeness (QED) is 0.706. The highest BCUT2D eigenvalue weighted by molar-refractivity contribution is 5.96. The first kappa shape index (κ1) is 21.4. The van der Waals surface area contributed by atoms with Crippen LogP contribution in [0.5, 0.6) is 5.75 Å². The normalized spacial score (nSPS) is 15.9. The van der Waals surface area contributed by atoms with Gasteiger partial charge >= 0.3 is 5.97 Å². The van der Waals surface area contributed by atoms with Crippen molar-refractivity contribution >= 4 is 29.2 Å². The lowest BCUT2D eigenvalue weighted by Crippen LogP contribution is -2.25. The zero-order valence-electron chi connectivity index (χ0n) is 17.4. The molecule has 3 rings (SSSR count). The van der Waals surface area contributed by atoms with E-state index in [9.17, 15) is 14.4 Å². The monoisotopic (exact) mass is 410 g/mol. The number of hydrogen-bond donors (Lipinski definition) is 1. The number of ether oxygens (including phenoxy) is 2. The Morgan fingerprint density at radius 2 is 1.77 bits per heavy atom. The molecule has 7 nitrogen and oxygen atoms in total. The lowest BCUT2D eigenvalue weighted by atomic mass is 10.1. The Balaban J connectivity index is 1.54. The fourth-order valence-corrected chi connectivity index (χ4v) is 3.17. The number of hydrogen-bond acceptors (Lipinski definition) is 5. The molecular formula is C23H26N2O5. The zero-order valence-corrected chi connectivity index (χ0v) is 17.4. The SMILES string of the molecule is COC(=O)c1ccc(OCC2CC(=O)N(c3ccc(NC(=O)C(C)C)cc3)C2)cc1. The standard InChI is InChI=1S/C23H26N2O5/c1-15(2)22(27)24-18-6-8-19(9-7-18)25-13-16(12-21(25)26)14-30-20-10-4-17(5-11-20)23(28)29-3/h4-11,15-16H,12-14H2,1-3H3,(H,24,27). The minimum absolute atomic E-state index is 0.0446. The number of carbonyl (C=O) groups is 3. The van der Waals surface area contributed by atoms with Gasteiger partial charge in [0.05, 0.1) is 19.3 Å². The van der Waals surface area contributed by atoms with Crippen molar-refractivity contribution in [2.45, 2.75) is 20.3 Å². The minimum atomic E-state index is -0.395. The van der Waals surface area contributed by atoms with E-state index in [-0.39, 0.29) is 23.7 Å². The van der Waals surface area contributed by atoms with Gasteiger partial charge in [0.15, 0.2) is 0 Å². The van der Waals surface area contributed by atoms with Crippen molar-refractivity contribution in [3.8, 4) is 5.75 Å². The van der Waals surface area contributed by atoms with Crippen LogP contribution in [0.2, 0.25) is 0 Å². The summed E-state index contributed by atoms with van der Waals surface area (Å²) in [4.78, 5) is 37.5. The predicted molar refractivity (Wildman–Crippen MR) is 114 cm³/mol. The number of methoxy groups -OCH3 is 1. The first-order valence-electron chi connectivity index (χ1n) is 9.90. The minimum Gasteiger partial charge on any atom is -0.493 e. The average Bonchev–Trinajstić information content (AvgIpc) is 3.13. The summed E-state index contributed by atoms with van der Waals surface area (Å²) in [5.74, 6) is 0.216. The Morgan fingerprint density at radius 3 is 2.37 bits per heavy atom. The van der Waals surface area contributed by atoms with Crippen LogP contribution in [-0.2, 0) is 14.3 Å². The fourth-order valence-electron chi connectivity index (χ4n) is 3.17. The molecule has 0 saturated carbocycles. The van der Waals surface area contributed by atoms with Crippen molar-refractivity contribution in [2.75, 3.05) is 30.5 Å². The molecule has 0 radical (unpaired) electrons. The van der Waals surface area contributed by atoms with E-state index in [1.165, 1.54) is 7.11 Å². The Labute approximate surface area is 176 Å². The van der Waals surface area contributed by atoms with Gasteiger partial charge in [-0.15, -0.1) is 0 Å². The van der Waals surface area contributed by atoms with Crippen LogP contribution in [0.4, 0.5) is 11.4 Å². The number of anilines is 2. The third-order valence-corrected chi connectivity index (χ3v) is 4.94. The summed E-state index contributed by atoms with van der Waals surface area (Å²) in [6.07, 6.45) is 0.409. The van der Waals surface area contributed by atoms with Crippen molar-refractivity contribution < 1.29 is 23.9 Å². The topological polar surface area (TPSA) is 84.9 Å². The molecule has 1 aliphatic heterocycles. The van der Waals surface area contributed by atoms with Gasteiger partial charge in [0.2, 0.25) is 11.8 Å². The number of nitrogens with one attached hydrogen (secondary N) is 1. The second-order valence-corrected chi connectivity index (χ2v) is 7.59. The lowest BCUT2D eigenvalue weighted by molar-refractivity contribution is -0.119. The second-order valence-electron chi connectivity index (χ2n) is 7.59. The Bertz CT molecular complexity index is 906. The molecule has 0 aromatic heterocycles. The molecule has 1 N–H and O–H groups in total. The molecule has 1 unspecified atom stereocenters. The van der Waals surface area contributed by atoms with Gasteiger partial charge < -0.3 is 19.7 Å². The Morgan fingerprint density at radius 1 is 1.10 bits per heavy atom. The molecule has 1 aliphatic rings. The lowest BCUT2D eigenvalue weighted by Gasteiger charge is -2.18. The second kappa shape index (κ2) is 9.43. The molecule has 1 heterocycles. The molecule has 7 heteroatoms. The number of rotatable bonds is 7. The van der Waals surface area contributed by atoms with E-state index in [0.29, 0.717) is 36.6 Å². The summed E-state index contributed by atoms with van der Waals surface area (Å²) in [7, 11) is 1.34. The number of carbonyl (C=O) groups excluding carboxylic acids is 3. The highest BCUT2D eigenvalue weighted by atomic mass is 16.5. The predicted octanol–water partition coefficient (Wildman–Crippen LogP) is 3.50. The van der Waals surface area contributed by atoms with Gasteiger partial charge in [-0.2, -0.15) is 0 Å². The summed E-state index contributed by atoms with van der Waals surface area (Å²) in [5, 5.41) is 2.84. The van der Waals surface area contributed by atoms with Crippen LogP contribution in [0, 0.1) is 11.8 Å². The van der Waals surface area contributed by atoms with E-state index in [2.05, 4.69) is 10.1 Å². The van der Waals surface area contributed by atoms with Crippen LogP contribution < -0.4 is 15.0 Å². The molecule has 0 bridgehead atoms. The van der Waals surface area contributed by atoms with Gasteiger partial charge in [0.1, 0.15) is 5.75 Å². The number of esters is 1. The third-order valence-electron chi connectivity index (χ3n) is 4.94. The van der Waals surface area contributed by atoms with E-state index in [1.807, 2.05) is 26.0 Å². The van der Waals surface area contributed by atoms with E-state index in [4.69, 9.17) is 4.74 Å². The smallest absolute Gasteiger partial charge is 0.337 e. The molecule has 1 fully saturated rings. The van der Waals surface area contributed by atoms with E-state index < -0.39 is 5.97 Å². The van der Waals surface area contributed by atoms with Crippen LogP contribution in [0.1, 0.15) is 30.6 Å². The van der Waals surface area contributed by atoms with Gasteiger partial charge in [-0.25, -0.2) is 4.79 Å². The van der Waals surface area contributed by atoms with Crippen molar-refractivity contribution in [3.05, 3.63) is 54.1 Å². The Kier molecular flexibility index (Phi) is 6.72. The highest BCUT2D eigenvalue weighted by Crippen LogP contribution is 2.27. The summed E-state index contributed by atoms with van der Waals surface area (Å²) >= 11 is 0. The molecule has 30 heavy (non-hydrogen) atoms. The van der Waals surface area contributed by atoms with E-state index in [0.717, 1.165) is 5.69 Å². The first-order valence-corrected chi connectivity index (χ1v) is 9.90. The number of benzene rings is 2. The maximum Gasteiger partial charge on any atom is 0.337 e. The largest absolute Gasteiger partial charge is 0.493 e. The summed E-state index contributed by atoms with van der Waals surface area (Å²) in [5.41, 5.74) is 1.96. The molecule has 0 aliphatic carbocycles. The third kappa shape index (κ3) is 5.17. The summed E-state index contributed by atoms with van der Waals surface area (Å²) < 4.78 is 10.5. The van der Waals surface area contributed by atoms with Crippen molar-refractivity contribution in [3.63, 3.8) is 0 Å². The average molecular weight is 410 g/mol. The van der Waals surface area contributed by atoms with Crippen LogP contribution in [0.3, 0.4) is 0 Å². The Hall–Kier alpha value is -3.35. The summed E-state index contributed by atoms with van der Waals surface area (Å²) in [6.45, 7) is 4.64. The molecule has 1 atom stereocenters. The van der Waals surface area contributed by atoms with Crippen LogP contribution >= 0.6 is 0 Å². The first-order chi connectivity index (χ1) is 14.4. The van der Waals surface area contributed by atoms with Gasteiger partial charge in [-0.1, -0.05) is 13.8 Å². The van der Waals surface area contributed by atoms with E-state index in [1.54, 1.807) is 41.3 Å². The van der Waals surface area contributed by atoms with Gasteiger partial charge in [-0.05, 0) is 48.5 Å². The van der Waals surface area contributed by atoms with Crippen LogP contribution in [-0.4, -0.2) is 38.0 Å². The maximum atomic E-state index is 12.5. The van der Waals surface area contributed by atoms with E-state index >= 15 is 0 Å². The van der Waals surface area contributed by atoms with Gasteiger partial charge in [0.25, 0.3) is 0 Å². The molecule has 2 aromatic carbocycles. The van der Waals surface area contributed by atoms with Gasteiger partial charge in [-0.3, -0.25) is 9.59 Å². The van der Waals surface area contributed by atoms with Crippen LogP contribution in [0.25, 0.3) is 0 Å². The van der Waals surface area contributed by atoms with Crippen molar-refractivity contribution in [1.29, 1.82) is 0 Å². The number of nitrogens with zero attached hydrogens (tertiary/aromatic N) is 1. The van der Waals surface area contributed by atoms with Crippen molar-refractivity contribution in [2.24, 2.45) is 11.8 Å². The molecule has 2 aromatic rings.